The molecular formula is C25H27OPSe. The van der Waals surface area contributed by atoms with Crippen LogP contribution in [0.4, 0.5) is 0 Å². The van der Waals surface area contributed by atoms with Crippen molar-refractivity contribution in [1.29, 1.82) is 0 Å². The molecular weight excluding hydrogens is 426 g/mol. The number of benzene rings is 3. The fourth-order valence-electron chi connectivity index (χ4n) is 3.22. The molecule has 1 N–H and O–H groups in total. The Morgan fingerprint density at radius 1 is 0.714 bits per heavy atom. The average Bonchev–Trinajstić information content (AvgIpc) is 2.77. The molecule has 1 nitrogen and oxygen atoms in total. The molecule has 3 rings (SSSR count). The van der Waals surface area contributed by atoms with Crippen molar-refractivity contribution in [2.45, 2.75) is 18.7 Å². The molecule has 0 heterocycles. The second-order valence-corrected chi connectivity index (χ2v) is 15.0. The molecule has 3 aromatic rings. The van der Waals surface area contributed by atoms with Crippen molar-refractivity contribution in [3.8, 4) is 0 Å². The van der Waals surface area contributed by atoms with E-state index in [1.54, 1.807) is 0 Å². The number of hydrogen-bond acceptors (Lipinski definition) is 1. The Balaban J connectivity index is 1.73. The van der Waals surface area contributed by atoms with Crippen LogP contribution in [-0.2, 0) is 12.8 Å². The van der Waals surface area contributed by atoms with E-state index in [4.69, 9.17) is 0 Å². The molecule has 0 fully saturated rings. The van der Waals surface area contributed by atoms with Gasteiger partial charge in [0.25, 0.3) is 0 Å². The Labute approximate surface area is 176 Å². The van der Waals surface area contributed by atoms with E-state index in [2.05, 4.69) is 87.9 Å². The molecule has 144 valence electrons. The minimum absolute atomic E-state index is 0.430. The summed E-state index contributed by atoms with van der Waals surface area (Å²) in [4.78, 5) is 0. The molecule has 0 radical (unpaired) electrons. The van der Waals surface area contributed by atoms with Gasteiger partial charge in [-0.25, -0.2) is 0 Å². The molecule has 28 heavy (non-hydrogen) atoms. The van der Waals surface area contributed by atoms with Crippen molar-refractivity contribution in [2.75, 3.05) is 12.3 Å². The van der Waals surface area contributed by atoms with Crippen molar-refractivity contribution in [3.05, 3.63) is 114 Å². The van der Waals surface area contributed by atoms with E-state index in [9.17, 15) is 5.11 Å². The molecule has 0 aliphatic carbocycles. The SMILES string of the molecule is OC(/C=C/c1ccccc1)P(=[Se])(CCc1ccccc1)CCc1ccccc1. The summed E-state index contributed by atoms with van der Waals surface area (Å²) < 4.78 is 0. The van der Waals surface area contributed by atoms with E-state index in [0.717, 1.165) is 30.7 Å². The molecule has 3 aromatic carbocycles. The summed E-state index contributed by atoms with van der Waals surface area (Å²) in [5.41, 5.74) is 2.11. The molecule has 0 saturated carbocycles. The van der Waals surface area contributed by atoms with Gasteiger partial charge in [-0.3, -0.25) is 0 Å². The first-order valence-electron chi connectivity index (χ1n) is 9.73. The van der Waals surface area contributed by atoms with Gasteiger partial charge in [0, 0.05) is 0 Å². The monoisotopic (exact) mass is 454 g/mol. The maximum atomic E-state index is 11.1. The molecule has 0 bridgehead atoms. The standard InChI is InChI=1S/C25H27OPSe/c26-25(17-16-22-10-4-1-5-11-22)27(28,20-18-23-12-6-2-7-13-23)21-19-24-14-8-3-9-15-24/h1-17,25-26H,18-21H2/b17-16+. The molecule has 0 aromatic heterocycles. The van der Waals surface area contributed by atoms with Crippen LogP contribution in [-0.4, -0.2) is 38.4 Å². The molecule has 1 unspecified atom stereocenters. The Hall–Kier alpha value is -1.69. The van der Waals surface area contributed by atoms with Crippen LogP contribution in [0.15, 0.2) is 97.1 Å². The number of rotatable bonds is 9. The zero-order valence-corrected chi connectivity index (χ0v) is 18.6. The fourth-order valence-corrected chi connectivity index (χ4v) is 7.24. The van der Waals surface area contributed by atoms with Gasteiger partial charge in [-0.15, -0.1) is 0 Å². The molecule has 1 atom stereocenters. The predicted molar refractivity (Wildman–Crippen MR) is 124 cm³/mol. The van der Waals surface area contributed by atoms with E-state index in [-0.39, 0.29) is 0 Å². The third-order valence-electron chi connectivity index (χ3n) is 4.99. The van der Waals surface area contributed by atoms with Crippen molar-refractivity contribution in [3.63, 3.8) is 0 Å². The number of aliphatic hydroxyl groups excluding tert-OH is 1. The van der Waals surface area contributed by atoms with Crippen LogP contribution in [0.25, 0.3) is 6.08 Å². The molecule has 0 saturated heterocycles. The van der Waals surface area contributed by atoms with Crippen molar-refractivity contribution >= 4 is 26.7 Å². The van der Waals surface area contributed by atoms with E-state index >= 15 is 0 Å². The zero-order valence-electron chi connectivity index (χ0n) is 16.0. The van der Waals surface area contributed by atoms with Gasteiger partial charge in [0.2, 0.25) is 0 Å². The van der Waals surface area contributed by atoms with Crippen LogP contribution >= 0.6 is 5.51 Å². The average molecular weight is 453 g/mol. The summed E-state index contributed by atoms with van der Waals surface area (Å²) in [6.45, 7) is 0. The van der Waals surface area contributed by atoms with Crippen LogP contribution in [0.3, 0.4) is 0 Å². The first-order chi connectivity index (χ1) is 13.7. The Morgan fingerprint density at radius 2 is 1.14 bits per heavy atom. The van der Waals surface area contributed by atoms with Crippen LogP contribution < -0.4 is 0 Å². The normalized spacial score (nSPS) is 12.9. The summed E-state index contributed by atoms with van der Waals surface area (Å²) in [6, 6.07) is 31.3. The van der Waals surface area contributed by atoms with Crippen molar-refractivity contribution in [1.82, 2.24) is 0 Å². The van der Waals surface area contributed by atoms with Crippen LogP contribution in [0.5, 0.6) is 0 Å². The van der Waals surface area contributed by atoms with Crippen LogP contribution in [0.1, 0.15) is 16.7 Å². The van der Waals surface area contributed by atoms with E-state index in [0.29, 0.717) is 0 Å². The second kappa shape index (κ2) is 10.7. The zero-order chi connectivity index (χ0) is 19.7. The van der Waals surface area contributed by atoms with Gasteiger partial charge in [0.1, 0.15) is 0 Å². The first-order valence-corrected chi connectivity index (χ1v) is 14.2. The van der Waals surface area contributed by atoms with Gasteiger partial charge < -0.3 is 0 Å². The first kappa shape index (κ1) is 21.0. The number of hydrogen-bond donors (Lipinski definition) is 1. The summed E-state index contributed by atoms with van der Waals surface area (Å²) in [6.07, 6.45) is 8.02. The van der Waals surface area contributed by atoms with Gasteiger partial charge in [-0.05, 0) is 0 Å². The van der Waals surface area contributed by atoms with Crippen LogP contribution in [0.2, 0.25) is 0 Å². The molecule has 0 spiro atoms. The van der Waals surface area contributed by atoms with Gasteiger partial charge >= 0.3 is 177 Å². The van der Waals surface area contributed by atoms with Crippen molar-refractivity contribution < 1.29 is 5.11 Å². The summed E-state index contributed by atoms with van der Waals surface area (Å²) >= 11 is 3.48. The second-order valence-electron chi connectivity index (χ2n) is 7.05. The number of aliphatic hydroxyl groups is 1. The van der Waals surface area contributed by atoms with Crippen LogP contribution in [0, 0.1) is 0 Å². The maximum absolute atomic E-state index is 11.1. The Bertz CT molecular complexity index is 860. The quantitative estimate of drug-likeness (QED) is 0.330. The van der Waals surface area contributed by atoms with E-state index < -0.39 is 11.4 Å². The molecule has 0 aliphatic heterocycles. The molecule has 0 amide bonds. The van der Waals surface area contributed by atoms with E-state index in [1.165, 1.54) is 11.1 Å². The topological polar surface area (TPSA) is 20.2 Å². The number of aryl methyl sites for hydroxylation is 2. The molecule has 3 heteroatoms. The summed E-state index contributed by atoms with van der Waals surface area (Å²) in [7, 11) is 0. The van der Waals surface area contributed by atoms with Crippen molar-refractivity contribution in [2.24, 2.45) is 0 Å². The minimum atomic E-state index is -1.68. The third kappa shape index (κ3) is 6.43. The van der Waals surface area contributed by atoms with Gasteiger partial charge in [0.05, 0.1) is 0 Å². The predicted octanol–water partition coefficient (Wildman–Crippen LogP) is 5.60. The van der Waals surface area contributed by atoms with Gasteiger partial charge in [0.15, 0.2) is 0 Å². The third-order valence-corrected chi connectivity index (χ3v) is 11.7. The van der Waals surface area contributed by atoms with Gasteiger partial charge in [-0.1, -0.05) is 0 Å². The summed E-state index contributed by atoms with van der Waals surface area (Å²) in [5, 5.41) is 11.1. The summed E-state index contributed by atoms with van der Waals surface area (Å²) in [5.74, 6) is -0.430. The van der Waals surface area contributed by atoms with E-state index in [1.807, 2.05) is 30.4 Å². The Kier molecular flexibility index (Phi) is 8.07. The molecule has 0 aliphatic rings. The Morgan fingerprint density at radius 3 is 1.61 bits per heavy atom. The van der Waals surface area contributed by atoms with Gasteiger partial charge in [-0.2, -0.15) is 0 Å². The fraction of sp³-hybridized carbons (Fsp3) is 0.200.